The van der Waals surface area contributed by atoms with Gasteiger partial charge in [-0.3, -0.25) is 9.59 Å². The largest absolute Gasteiger partial charge is 0.323 e. The molecular weight excluding hydrogens is 266 g/mol. The van der Waals surface area contributed by atoms with Crippen molar-refractivity contribution in [2.45, 2.75) is 6.42 Å². The number of para-hydroxylation sites is 2. The lowest BCUT2D eigenvalue weighted by Crippen LogP contribution is -2.16. The standard InChI is InChI=1S/C16H13N3O2/c17-11-10-15(20)18-13-8-4-5-9-14(13)19-16(21)12-6-2-1-3-7-12/h1-9H,10H2,(H,18,20)(H,19,21). The van der Waals surface area contributed by atoms with Gasteiger partial charge in [0.05, 0.1) is 17.4 Å². The molecular formula is C16H13N3O2. The normalized spacial score (nSPS) is 9.48. The van der Waals surface area contributed by atoms with Crippen LogP contribution in [0.2, 0.25) is 0 Å². The number of rotatable bonds is 4. The van der Waals surface area contributed by atoms with Crippen LogP contribution in [0.25, 0.3) is 0 Å². The summed E-state index contributed by atoms with van der Waals surface area (Å²) in [4.78, 5) is 23.6. The van der Waals surface area contributed by atoms with Gasteiger partial charge in [-0.15, -0.1) is 0 Å². The van der Waals surface area contributed by atoms with Crippen LogP contribution in [-0.4, -0.2) is 11.8 Å². The van der Waals surface area contributed by atoms with Crippen LogP contribution in [0.4, 0.5) is 11.4 Å². The summed E-state index contributed by atoms with van der Waals surface area (Å²) in [6.45, 7) is 0. The zero-order chi connectivity index (χ0) is 15.1. The Labute approximate surface area is 122 Å². The minimum absolute atomic E-state index is 0.235. The molecule has 2 aromatic carbocycles. The number of nitrogens with one attached hydrogen (secondary N) is 2. The minimum Gasteiger partial charge on any atom is -0.323 e. The lowest BCUT2D eigenvalue weighted by Gasteiger charge is -2.11. The molecule has 5 nitrogen and oxygen atoms in total. The van der Waals surface area contributed by atoms with Crippen LogP contribution in [-0.2, 0) is 4.79 Å². The molecule has 0 bridgehead atoms. The van der Waals surface area contributed by atoms with E-state index in [-0.39, 0.29) is 12.3 Å². The van der Waals surface area contributed by atoms with Crippen molar-refractivity contribution in [2.24, 2.45) is 0 Å². The summed E-state index contributed by atoms with van der Waals surface area (Å²) in [5, 5.41) is 13.8. The monoisotopic (exact) mass is 279 g/mol. The van der Waals surface area contributed by atoms with E-state index >= 15 is 0 Å². The summed E-state index contributed by atoms with van der Waals surface area (Å²) >= 11 is 0. The van der Waals surface area contributed by atoms with Crippen molar-refractivity contribution in [3.8, 4) is 6.07 Å². The second-order valence-corrected chi connectivity index (χ2v) is 4.25. The average Bonchev–Trinajstić information content (AvgIpc) is 2.50. The Bertz CT molecular complexity index is 690. The molecule has 0 saturated heterocycles. The number of hydrogen-bond acceptors (Lipinski definition) is 3. The van der Waals surface area contributed by atoms with Gasteiger partial charge >= 0.3 is 0 Å². The highest BCUT2D eigenvalue weighted by Crippen LogP contribution is 2.21. The van der Waals surface area contributed by atoms with Gasteiger partial charge in [-0.05, 0) is 24.3 Å². The maximum absolute atomic E-state index is 12.1. The smallest absolute Gasteiger partial charge is 0.255 e. The van der Waals surface area contributed by atoms with Crippen molar-refractivity contribution < 1.29 is 9.59 Å². The Kier molecular flexibility index (Phi) is 4.67. The van der Waals surface area contributed by atoms with E-state index < -0.39 is 5.91 Å². The molecule has 0 aliphatic heterocycles. The highest BCUT2D eigenvalue weighted by Gasteiger charge is 2.10. The number of carbonyl (C=O) groups excluding carboxylic acids is 2. The summed E-state index contributed by atoms with van der Waals surface area (Å²) in [5.74, 6) is -0.684. The van der Waals surface area contributed by atoms with Crippen LogP contribution < -0.4 is 10.6 Å². The second kappa shape index (κ2) is 6.87. The third kappa shape index (κ3) is 3.91. The highest BCUT2D eigenvalue weighted by molar-refractivity contribution is 6.07. The van der Waals surface area contributed by atoms with E-state index in [0.717, 1.165) is 0 Å². The van der Waals surface area contributed by atoms with Gasteiger partial charge in [-0.1, -0.05) is 30.3 Å². The first-order valence-corrected chi connectivity index (χ1v) is 6.33. The number of amides is 2. The summed E-state index contributed by atoms with van der Waals surface area (Å²) < 4.78 is 0. The Hall–Kier alpha value is -3.13. The fourth-order valence-electron chi connectivity index (χ4n) is 1.75. The quantitative estimate of drug-likeness (QED) is 0.902. The lowest BCUT2D eigenvalue weighted by molar-refractivity contribution is -0.115. The van der Waals surface area contributed by atoms with Crippen molar-refractivity contribution >= 4 is 23.2 Å². The summed E-state index contributed by atoms with van der Waals surface area (Å²) in [5.41, 5.74) is 1.47. The molecule has 104 valence electrons. The summed E-state index contributed by atoms with van der Waals surface area (Å²) in [7, 11) is 0. The molecule has 0 saturated carbocycles. The minimum atomic E-state index is -0.418. The first-order chi connectivity index (χ1) is 10.2. The van der Waals surface area contributed by atoms with Gasteiger partial charge in [0, 0.05) is 5.56 Å². The molecule has 2 rings (SSSR count). The van der Waals surface area contributed by atoms with Crippen LogP contribution in [0, 0.1) is 11.3 Å². The van der Waals surface area contributed by atoms with E-state index in [1.807, 2.05) is 6.07 Å². The molecule has 0 fully saturated rings. The van der Waals surface area contributed by atoms with Crippen molar-refractivity contribution in [3.63, 3.8) is 0 Å². The Morgan fingerprint density at radius 1 is 0.905 bits per heavy atom. The van der Waals surface area contributed by atoms with Crippen LogP contribution in [0.5, 0.6) is 0 Å². The molecule has 0 aliphatic rings. The molecule has 0 spiro atoms. The molecule has 0 heterocycles. The SMILES string of the molecule is N#CCC(=O)Nc1ccccc1NC(=O)c1ccccc1. The second-order valence-electron chi connectivity index (χ2n) is 4.25. The molecule has 0 aromatic heterocycles. The average molecular weight is 279 g/mol. The molecule has 0 unspecified atom stereocenters. The number of carbonyl (C=O) groups is 2. The van der Waals surface area contributed by atoms with Crippen LogP contribution in [0.15, 0.2) is 54.6 Å². The van der Waals surface area contributed by atoms with Crippen molar-refractivity contribution in [1.82, 2.24) is 0 Å². The molecule has 5 heteroatoms. The molecule has 2 N–H and O–H groups in total. The number of anilines is 2. The first-order valence-electron chi connectivity index (χ1n) is 6.33. The van der Waals surface area contributed by atoms with Crippen molar-refractivity contribution in [3.05, 3.63) is 60.2 Å². The van der Waals surface area contributed by atoms with Gasteiger partial charge in [0.15, 0.2) is 0 Å². The maximum atomic E-state index is 12.1. The topological polar surface area (TPSA) is 82.0 Å². The number of hydrogen-bond donors (Lipinski definition) is 2. The molecule has 2 aromatic rings. The third-order valence-corrected chi connectivity index (χ3v) is 2.72. The van der Waals surface area contributed by atoms with Crippen LogP contribution in [0.3, 0.4) is 0 Å². The van der Waals surface area contributed by atoms with Gasteiger partial charge in [0.1, 0.15) is 6.42 Å². The summed E-state index contributed by atoms with van der Waals surface area (Å²) in [6.07, 6.45) is -0.235. The maximum Gasteiger partial charge on any atom is 0.255 e. The van der Waals surface area contributed by atoms with Gasteiger partial charge < -0.3 is 10.6 Å². The van der Waals surface area contributed by atoms with E-state index in [0.29, 0.717) is 16.9 Å². The van der Waals surface area contributed by atoms with E-state index in [4.69, 9.17) is 5.26 Å². The number of benzene rings is 2. The van der Waals surface area contributed by atoms with E-state index in [9.17, 15) is 9.59 Å². The number of nitriles is 1. The van der Waals surface area contributed by atoms with Gasteiger partial charge in [-0.25, -0.2) is 0 Å². The zero-order valence-electron chi connectivity index (χ0n) is 11.2. The van der Waals surface area contributed by atoms with Crippen molar-refractivity contribution in [1.29, 1.82) is 5.26 Å². The van der Waals surface area contributed by atoms with Crippen LogP contribution >= 0.6 is 0 Å². The first kappa shape index (κ1) is 14.3. The molecule has 21 heavy (non-hydrogen) atoms. The Morgan fingerprint density at radius 2 is 1.48 bits per heavy atom. The van der Waals surface area contributed by atoms with Crippen molar-refractivity contribution in [2.75, 3.05) is 10.6 Å². The molecule has 0 atom stereocenters. The zero-order valence-corrected chi connectivity index (χ0v) is 11.2. The van der Waals surface area contributed by atoms with Gasteiger partial charge in [-0.2, -0.15) is 5.26 Å². The summed E-state index contributed by atoms with van der Waals surface area (Å²) in [6, 6.07) is 17.4. The number of nitrogens with zero attached hydrogens (tertiary/aromatic N) is 1. The van der Waals surface area contributed by atoms with Gasteiger partial charge in [0.25, 0.3) is 5.91 Å². The van der Waals surface area contributed by atoms with Gasteiger partial charge in [0.2, 0.25) is 5.91 Å². The molecule has 0 radical (unpaired) electrons. The van der Waals surface area contributed by atoms with E-state index in [2.05, 4.69) is 10.6 Å². The highest BCUT2D eigenvalue weighted by atomic mass is 16.2. The van der Waals surface area contributed by atoms with E-state index in [1.54, 1.807) is 54.6 Å². The predicted octanol–water partition coefficient (Wildman–Crippen LogP) is 2.79. The van der Waals surface area contributed by atoms with Crippen LogP contribution in [0.1, 0.15) is 16.8 Å². The fraction of sp³-hybridized carbons (Fsp3) is 0.0625. The third-order valence-electron chi connectivity index (χ3n) is 2.72. The Morgan fingerprint density at radius 3 is 2.10 bits per heavy atom. The lowest BCUT2D eigenvalue weighted by atomic mass is 10.2. The molecule has 2 amide bonds. The Balaban J connectivity index is 2.15. The van der Waals surface area contributed by atoms with E-state index in [1.165, 1.54) is 0 Å². The fourth-order valence-corrected chi connectivity index (χ4v) is 1.75. The molecule has 0 aliphatic carbocycles. The predicted molar refractivity (Wildman–Crippen MR) is 79.7 cm³/mol.